The zero-order chi connectivity index (χ0) is 12.7. The van der Waals surface area contributed by atoms with Crippen molar-refractivity contribution in [2.75, 3.05) is 0 Å². The van der Waals surface area contributed by atoms with Crippen LogP contribution in [0.15, 0.2) is 40.9 Å². The summed E-state index contributed by atoms with van der Waals surface area (Å²) in [5.41, 5.74) is 2.00. The number of nitrogens with one attached hydrogen (secondary N) is 1. The Morgan fingerprint density at radius 3 is 2.89 bits per heavy atom. The van der Waals surface area contributed by atoms with E-state index in [4.69, 9.17) is 11.6 Å². The summed E-state index contributed by atoms with van der Waals surface area (Å²) >= 11 is 9.14. The van der Waals surface area contributed by atoms with Crippen molar-refractivity contribution in [3.8, 4) is 11.4 Å². The Balaban J connectivity index is 2.22. The van der Waals surface area contributed by atoms with Crippen LogP contribution in [-0.2, 0) is 0 Å². The monoisotopic (exact) mass is 324 g/mol. The van der Waals surface area contributed by atoms with Crippen LogP contribution in [0.3, 0.4) is 0 Å². The largest absolute Gasteiger partial charge is 0.338 e. The molecule has 0 radical (unpaired) electrons. The smallest absolute Gasteiger partial charge is 0.152 e. The first-order valence-electron chi connectivity index (χ1n) is 5.25. The second kappa shape index (κ2) is 4.37. The van der Waals surface area contributed by atoms with Gasteiger partial charge in [0.25, 0.3) is 0 Å². The van der Waals surface area contributed by atoms with Gasteiger partial charge in [0.05, 0.1) is 21.6 Å². The van der Waals surface area contributed by atoms with Crippen LogP contribution in [0.1, 0.15) is 0 Å². The van der Waals surface area contributed by atoms with E-state index in [9.17, 15) is 4.39 Å². The molecule has 5 heteroatoms. The summed E-state index contributed by atoms with van der Waals surface area (Å²) in [6.07, 6.45) is 0. The zero-order valence-electron chi connectivity index (χ0n) is 9.05. The van der Waals surface area contributed by atoms with Crippen LogP contribution in [0.5, 0.6) is 0 Å². The second-order valence-electron chi connectivity index (χ2n) is 3.85. The third-order valence-electron chi connectivity index (χ3n) is 2.65. The minimum Gasteiger partial charge on any atom is -0.338 e. The fraction of sp³-hybridized carbons (Fsp3) is 0. The molecule has 3 aromatic rings. The van der Waals surface area contributed by atoms with Gasteiger partial charge in [-0.15, -0.1) is 0 Å². The number of aromatic amines is 1. The number of rotatable bonds is 1. The summed E-state index contributed by atoms with van der Waals surface area (Å²) in [7, 11) is 0. The van der Waals surface area contributed by atoms with Crippen molar-refractivity contribution in [3.05, 3.63) is 51.7 Å². The van der Waals surface area contributed by atoms with Crippen LogP contribution in [0, 0.1) is 5.82 Å². The van der Waals surface area contributed by atoms with Gasteiger partial charge in [-0.1, -0.05) is 33.6 Å². The van der Waals surface area contributed by atoms with E-state index in [1.807, 2.05) is 18.2 Å². The van der Waals surface area contributed by atoms with Crippen molar-refractivity contribution in [1.82, 2.24) is 9.97 Å². The lowest BCUT2D eigenvalue weighted by Crippen LogP contribution is -1.86. The van der Waals surface area contributed by atoms with Gasteiger partial charge in [0.1, 0.15) is 5.82 Å². The van der Waals surface area contributed by atoms with Crippen molar-refractivity contribution < 1.29 is 4.39 Å². The maximum absolute atomic E-state index is 13.9. The molecule has 0 spiro atoms. The number of halogens is 3. The van der Waals surface area contributed by atoms with Crippen LogP contribution in [0.4, 0.5) is 4.39 Å². The lowest BCUT2D eigenvalue weighted by Gasteiger charge is -2.00. The van der Waals surface area contributed by atoms with Gasteiger partial charge in [-0.2, -0.15) is 0 Å². The van der Waals surface area contributed by atoms with Gasteiger partial charge >= 0.3 is 0 Å². The Bertz CT molecular complexity index is 739. The van der Waals surface area contributed by atoms with Crippen LogP contribution >= 0.6 is 27.5 Å². The normalized spacial score (nSPS) is 11.1. The molecule has 0 saturated heterocycles. The summed E-state index contributed by atoms with van der Waals surface area (Å²) in [4.78, 5) is 7.43. The van der Waals surface area contributed by atoms with Crippen LogP contribution in [0.2, 0.25) is 5.02 Å². The predicted molar refractivity (Wildman–Crippen MR) is 74.2 cm³/mol. The summed E-state index contributed by atoms with van der Waals surface area (Å²) in [6.45, 7) is 0. The Morgan fingerprint density at radius 1 is 1.22 bits per heavy atom. The number of nitrogens with zero attached hydrogens (tertiary/aromatic N) is 1. The molecule has 0 aliphatic rings. The number of hydrogen-bond donors (Lipinski definition) is 1. The molecule has 0 amide bonds. The number of imidazole rings is 1. The van der Waals surface area contributed by atoms with Crippen molar-refractivity contribution in [3.63, 3.8) is 0 Å². The molecule has 0 saturated carbocycles. The van der Waals surface area contributed by atoms with E-state index < -0.39 is 5.82 Å². The number of fused-ring (bicyclic) bond motifs is 1. The van der Waals surface area contributed by atoms with E-state index in [1.54, 1.807) is 12.1 Å². The second-order valence-corrected chi connectivity index (χ2v) is 5.17. The minimum atomic E-state index is -0.461. The maximum Gasteiger partial charge on any atom is 0.152 e. The topological polar surface area (TPSA) is 28.7 Å². The standard InChI is InChI=1S/C13H7BrClFN2/c14-7-4-5-10-11(6-7)18-13(17-10)8-2-1-3-9(15)12(8)16/h1-6H,(H,17,18). The van der Waals surface area contributed by atoms with Crippen molar-refractivity contribution in [1.29, 1.82) is 0 Å². The van der Waals surface area contributed by atoms with Gasteiger partial charge < -0.3 is 4.98 Å². The van der Waals surface area contributed by atoms with Crippen molar-refractivity contribution in [2.24, 2.45) is 0 Å². The van der Waals surface area contributed by atoms with Gasteiger partial charge in [-0.3, -0.25) is 0 Å². The van der Waals surface area contributed by atoms with Gasteiger partial charge in [0, 0.05) is 4.47 Å². The van der Waals surface area contributed by atoms with E-state index in [0.717, 1.165) is 15.5 Å². The molecule has 0 aliphatic carbocycles. The molecule has 0 unspecified atom stereocenters. The first-order chi connectivity index (χ1) is 8.65. The first kappa shape index (κ1) is 11.7. The molecule has 0 aliphatic heterocycles. The molecule has 18 heavy (non-hydrogen) atoms. The highest BCUT2D eigenvalue weighted by Crippen LogP contribution is 2.28. The molecule has 2 aromatic carbocycles. The van der Waals surface area contributed by atoms with E-state index in [1.165, 1.54) is 6.07 Å². The van der Waals surface area contributed by atoms with E-state index in [-0.39, 0.29) is 5.02 Å². The van der Waals surface area contributed by atoms with Crippen molar-refractivity contribution >= 4 is 38.6 Å². The number of H-pyrrole nitrogens is 1. The fourth-order valence-electron chi connectivity index (χ4n) is 1.80. The summed E-state index contributed by atoms with van der Waals surface area (Å²) in [5.74, 6) is 0.0142. The summed E-state index contributed by atoms with van der Waals surface area (Å²) in [5, 5.41) is 0.0918. The molecule has 3 rings (SSSR count). The Labute approximate surface area is 116 Å². The average Bonchev–Trinajstić information content (AvgIpc) is 2.75. The third-order valence-corrected chi connectivity index (χ3v) is 3.44. The maximum atomic E-state index is 13.9. The number of benzene rings is 2. The first-order valence-corrected chi connectivity index (χ1v) is 6.42. The molecule has 90 valence electrons. The van der Waals surface area contributed by atoms with Crippen molar-refractivity contribution in [2.45, 2.75) is 0 Å². The highest BCUT2D eigenvalue weighted by Gasteiger charge is 2.12. The Kier molecular flexibility index (Phi) is 2.84. The van der Waals surface area contributed by atoms with Crippen LogP contribution in [0.25, 0.3) is 22.4 Å². The lowest BCUT2D eigenvalue weighted by atomic mass is 10.2. The summed E-state index contributed by atoms with van der Waals surface area (Å²) < 4.78 is 14.8. The highest BCUT2D eigenvalue weighted by molar-refractivity contribution is 9.10. The van der Waals surface area contributed by atoms with Gasteiger partial charge in [-0.05, 0) is 30.3 Å². The fourth-order valence-corrected chi connectivity index (χ4v) is 2.33. The molecule has 0 bridgehead atoms. The minimum absolute atomic E-state index is 0.0918. The van der Waals surface area contributed by atoms with Crippen LogP contribution in [-0.4, -0.2) is 9.97 Å². The number of hydrogen-bond acceptors (Lipinski definition) is 1. The molecular formula is C13H7BrClFN2. The van der Waals surface area contributed by atoms with E-state index in [0.29, 0.717) is 11.4 Å². The molecule has 1 heterocycles. The van der Waals surface area contributed by atoms with Gasteiger partial charge in [-0.25, -0.2) is 9.37 Å². The average molecular weight is 326 g/mol. The van der Waals surface area contributed by atoms with Crippen LogP contribution < -0.4 is 0 Å². The molecule has 0 atom stereocenters. The lowest BCUT2D eigenvalue weighted by molar-refractivity contribution is 0.630. The van der Waals surface area contributed by atoms with Gasteiger partial charge in [0.15, 0.2) is 5.82 Å². The molecule has 1 N–H and O–H groups in total. The summed E-state index contributed by atoms with van der Waals surface area (Å²) in [6, 6.07) is 10.5. The highest BCUT2D eigenvalue weighted by atomic mass is 79.9. The molecule has 0 fully saturated rings. The van der Waals surface area contributed by atoms with Gasteiger partial charge in [0.2, 0.25) is 0 Å². The Morgan fingerprint density at radius 2 is 2.06 bits per heavy atom. The number of aromatic nitrogens is 2. The Hall–Kier alpha value is -1.39. The quantitative estimate of drug-likeness (QED) is 0.685. The molecule has 2 nitrogen and oxygen atoms in total. The molecular weight excluding hydrogens is 319 g/mol. The SMILES string of the molecule is Fc1c(Cl)cccc1-c1nc2ccc(Br)cc2[nH]1. The van der Waals surface area contributed by atoms with E-state index in [2.05, 4.69) is 25.9 Å². The molecule has 1 aromatic heterocycles. The van der Waals surface area contributed by atoms with E-state index >= 15 is 0 Å². The zero-order valence-corrected chi connectivity index (χ0v) is 11.4. The predicted octanol–water partition coefficient (Wildman–Crippen LogP) is 4.78. The third kappa shape index (κ3) is 1.91.